The maximum absolute atomic E-state index is 14.1. The third-order valence-electron chi connectivity index (χ3n) is 6.10. The molecule has 1 fully saturated rings. The van der Waals surface area contributed by atoms with Gasteiger partial charge in [0.05, 0.1) is 18.8 Å². The van der Waals surface area contributed by atoms with E-state index in [4.69, 9.17) is 10.3 Å². The number of carbonyl (C=O) groups excluding carboxylic acids is 2. The number of carbonyl (C=O) groups is 2. The van der Waals surface area contributed by atoms with Gasteiger partial charge in [0, 0.05) is 30.5 Å². The molecule has 1 atom stereocenters. The quantitative estimate of drug-likeness (QED) is 0.361. The minimum atomic E-state index is -0.943. The lowest BCUT2D eigenvalue weighted by Gasteiger charge is -2.32. The van der Waals surface area contributed by atoms with Gasteiger partial charge in [-0.15, -0.1) is 0 Å². The molecule has 2 aromatic rings. The lowest BCUT2D eigenvalue weighted by molar-refractivity contribution is -0.117. The molecule has 184 valence electrons. The first-order chi connectivity index (χ1) is 16.6. The van der Waals surface area contributed by atoms with Crippen molar-refractivity contribution in [1.82, 2.24) is 14.9 Å². The first-order valence-corrected chi connectivity index (χ1v) is 11.0. The van der Waals surface area contributed by atoms with Crippen LogP contribution >= 0.6 is 0 Å². The van der Waals surface area contributed by atoms with E-state index in [2.05, 4.69) is 20.3 Å². The fraction of sp³-hybridized carbons (Fsp3) is 0.455. The zero-order chi connectivity index (χ0) is 25.3. The van der Waals surface area contributed by atoms with Gasteiger partial charge in [0.15, 0.2) is 5.69 Å². The Bertz CT molecular complexity index is 1300. The van der Waals surface area contributed by atoms with Crippen LogP contribution in [0.15, 0.2) is 28.1 Å². The number of rotatable bonds is 6. The summed E-state index contributed by atoms with van der Waals surface area (Å²) in [6.45, 7) is 3.74. The van der Waals surface area contributed by atoms with Crippen molar-refractivity contribution in [2.75, 3.05) is 18.1 Å². The van der Waals surface area contributed by atoms with E-state index in [1.807, 2.05) is 0 Å². The Kier molecular flexibility index (Phi) is 6.46. The molecule has 2 amide bonds. The lowest BCUT2D eigenvalue weighted by atomic mass is 10.1. The first-order valence-electron chi connectivity index (χ1n) is 11.0. The molecule has 12 nitrogen and oxygen atoms in total. The third kappa shape index (κ3) is 4.55. The molecule has 1 saturated heterocycles. The largest absolute Gasteiger partial charge is 0.501 e. The van der Waals surface area contributed by atoms with Crippen LogP contribution in [0.25, 0.3) is 10.4 Å². The standard InChI is InChI=1S/C22H24FN7O5/c1-22(2)21-27-17(18(32)20(34)29(21)7-8-35-22)19(33)25-10-12-3-4-13(23)9-15(12)30-14(11-26-28-24)5-6-16(30)31/h3-4,9,14,32H,5-8,10-11H2,1-2H3,(H,25,33)/t14-/m1/s1. The second-order valence-corrected chi connectivity index (χ2v) is 8.77. The summed E-state index contributed by atoms with van der Waals surface area (Å²) in [5.41, 5.74) is 7.15. The summed E-state index contributed by atoms with van der Waals surface area (Å²) in [4.78, 5) is 46.4. The number of fused-ring (bicyclic) bond motifs is 1. The molecule has 1 aromatic heterocycles. The van der Waals surface area contributed by atoms with Crippen LogP contribution in [0, 0.1) is 5.82 Å². The Labute approximate surface area is 199 Å². The van der Waals surface area contributed by atoms with E-state index in [-0.39, 0.29) is 50.1 Å². The number of hydrogen-bond donors (Lipinski definition) is 2. The summed E-state index contributed by atoms with van der Waals surface area (Å²) in [5.74, 6) is -2.24. The molecule has 35 heavy (non-hydrogen) atoms. The zero-order valence-corrected chi connectivity index (χ0v) is 19.2. The topological polar surface area (TPSA) is 163 Å². The van der Waals surface area contributed by atoms with Gasteiger partial charge in [-0.1, -0.05) is 11.2 Å². The molecule has 13 heteroatoms. The Balaban J connectivity index is 1.62. The molecule has 2 aliphatic rings. The van der Waals surface area contributed by atoms with E-state index in [1.54, 1.807) is 13.8 Å². The van der Waals surface area contributed by atoms with Crippen LogP contribution in [-0.4, -0.2) is 45.7 Å². The maximum atomic E-state index is 14.1. The van der Waals surface area contributed by atoms with E-state index in [9.17, 15) is 23.9 Å². The average Bonchev–Trinajstić information content (AvgIpc) is 3.18. The summed E-state index contributed by atoms with van der Waals surface area (Å²) in [6, 6.07) is 3.35. The Hall–Kier alpha value is -3.96. The number of azide groups is 1. The molecule has 0 spiro atoms. The zero-order valence-electron chi connectivity index (χ0n) is 19.2. The van der Waals surface area contributed by atoms with Gasteiger partial charge in [0.25, 0.3) is 11.5 Å². The van der Waals surface area contributed by atoms with Gasteiger partial charge in [-0.25, -0.2) is 9.37 Å². The average molecular weight is 485 g/mol. The summed E-state index contributed by atoms with van der Waals surface area (Å²) in [5, 5.41) is 16.5. The number of aromatic nitrogens is 2. The van der Waals surface area contributed by atoms with Gasteiger partial charge >= 0.3 is 0 Å². The van der Waals surface area contributed by atoms with Crippen LogP contribution < -0.4 is 15.8 Å². The molecule has 3 heterocycles. The minimum Gasteiger partial charge on any atom is -0.501 e. The Morgan fingerprint density at radius 3 is 2.94 bits per heavy atom. The predicted molar refractivity (Wildman–Crippen MR) is 121 cm³/mol. The van der Waals surface area contributed by atoms with Gasteiger partial charge in [0.1, 0.15) is 17.2 Å². The number of nitrogens with one attached hydrogen (secondary N) is 1. The molecular weight excluding hydrogens is 461 g/mol. The highest BCUT2D eigenvalue weighted by Gasteiger charge is 2.35. The normalized spacial score (nSPS) is 18.7. The number of halogens is 1. The van der Waals surface area contributed by atoms with Gasteiger partial charge in [-0.3, -0.25) is 19.0 Å². The van der Waals surface area contributed by atoms with Crippen molar-refractivity contribution in [3.8, 4) is 5.75 Å². The molecule has 0 aliphatic carbocycles. The third-order valence-corrected chi connectivity index (χ3v) is 6.10. The smallest absolute Gasteiger partial charge is 0.296 e. The van der Waals surface area contributed by atoms with Crippen molar-refractivity contribution < 1.29 is 23.8 Å². The van der Waals surface area contributed by atoms with Gasteiger partial charge < -0.3 is 20.1 Å². The number of benzene rings is 1. The van der Waals surface area contributed by atoms with Gasteiger partial charge in [-0.05, 0) is 43.5 Å². The van der Waals surface area contributed by atoms with Crippen LogP contribution in [0.2, 0.25) is 0 Å². The van der Waals surface area contributed by atoms with Crippen molar-refractivity contribution in [1.29, 1.82) is 0 Å². The molecule has 0 bridgehead atoms. The predicted octanol–water partition coefficient (Wildman–Crippen LogP) is 2.09. The molecule has 2 N–H and O–H groups in total. The van der Waals surface area contributed by atoms with Crippen LogP contribution in [0.3, 0.4) is 0 Å². The van der Waals surface area contributed by atoms with E-state index in [0.717, 1.165) is 0 Å². The van der Waals surface area contributed by atoms with Gasteiger partial charge in [0.2, 0.25) is 11.7 Å². The van der Waals surface area contributed by atoms with E-state index < -0.39 is 40.4 Å². The lowest BCUT2D eigenvalue weighted by Crippen LogP contribution is -2.42. The number of amides is 2. The second-order valence-electron chi connectivity index (χ2n) is 8.77. The van der Waals surface area contributed by atoms with Crippen molar-refractivity contribution >= 4 is 17.5 Å². The van der Waals surface area contributed by atoms with Crippen molar-refractivity contribution in [3.05, 3.63) is 61.9 Å². The van der Waals surface area contributed by atoms with E-state index in [0.29, 0.717) is 12.0 Å². The molecular formula is C22H24FN7O5. The minimum absolute atomic E-state index is 0.0271. The monoisotopic (exact) mass is 485 g/mol. The van der Waals surface area contributed by atoms with Crippen LogP contribution in [-0.2, 0) is 28.2 Å². The molecule has 0 saturated carbocycles. The highest BCUT2D eigenvalue weighted by atomic mass is 19.1. The number of aromatic hydroxyl groups is 1. The summed E-state index contributed by atoms with van der Waals surface area (Å²) in [7, 11) is 0. The summed E-state index contributed by atoms with van der Waals surface area (Å²) in [6.07, 6.45) is 0.650. The second kappa shape index (κ2) is 9.35. The maximum Gasteiger partial charge on any atom is 0.296 e. The Morgan fingerprint density at radius 2 is 2.20 bits per heavy atom. The highest BCUT2D eigenvalue weighted by Crippen LogP contribution is 2.31. The number of anilines is 1. The van der Waals surface area contributed by atoms with Crippen molar-refractivity contribution in [2.24, 2.45) is 5.11 Å². The van der Waals surface area contributed by atoms with Crippen LogP contribution in [0.5, 0.6) is 5.75 Å². The summed E-state index contributed by atoms with van der Waals surface area (Å²) < 4.78 is 21.0. The molecule has 2 aliphatic heterocycles. The summed E-state index contributed by atoms with van der Waals surface area (Å²) >= 11 is 0. The molecule has 4 rings (SSSR count). The molecule has 0 unspecified atom stereocenters. The fourth-order valence-corrected chi connectivity index (χ4v) is 4.37. The van der Waals surface area contributed by atoms with Crippen molar-refractivity contribution in [3.63, 3.8) is 0 Å². The van der Waals surface area contributed by atoms with Crippen molar-refractivity contribution in [2.45, 2.75) is 51.4 Å². The fourth-order valence-electron chi connectivity index (χ4n) is 4.37. The van der Waals surface area contributed by atoms with Crippen LogP contribution in [0.1, 0.15) is 48.6 Å². The highest BCUT2D eigenvalue weighted by molar-refractivity contribution is 5.97. The van der Waals surface area contributed by atoms with E-state index >= 15 is 0 Å². The molecule has 1 aromatic carbocycles. The number of nitrogens with zero attached hydrogens (tertiary/aromatic N) is 6. The van der Waals surface area contributed by atoms with Gasteiger partial charge in [-0.2, -0.15) is 0 Å². The van der Waals surface area contributed by atoms with Crippen LogP contribution in [0.4, 0.5) is 10.1 Å². The SMILES string of the molecule is CC1(C)OCCn2c1nc(C(=O)NCc1ccc(F)cc1N1C(=O)CC[C@@H]1CN=[N+]=[N-])c(O)c2=O. The Morgan fingerprint density at radius 1 is 1.43 bits per heavy atom. The number of ether oxygens (including phenoxy) is 1. The molecule has 0 radical (unpaired) electrons. The van der Waals surface area contributed by atoms with E-state index in [1.165, 1.54) is 27.7 Å². The number of hydrogen-bond acceptors (Lipinski definition) is 7. The first kappa shape index (κ1) is 24.2.